The summed E-state index contributed by atoms with van der Waals surface area (Å²) in [6.45, 7) is 1.53. The van der Waals surface area contributed by atoms with Gasteiger partial charge in [-0.2, -0.15) is 9.40 Å². The number of carboxylic acids is 1. The lowest BCUT2D eigenvalue weighted by atomic mass is 10.2. The van der Waals surface area contributed by atoms with Crippen LogP contribution in [0, 0.1) is 6.92 Å². The second kappa shape index (κ2) is 4.87. The Balaban J connectivity index is 2.53. The van der Waals surface area contributed by atoms with E-state index < -0.39 is 38.5 Å². The molecule has 20 heavy (non-hydrogen) atoms. The monoisotopic (exact) mass is 302 g/mol. The van der Waals surface area contributed by atoms with Crippen molar-refractivity contribution in [2.24, 2.45) is 5.73 Å². The number of primary amides is 1. The number of aromatic nitrogens is 2. The zero-order valence-corrected chi connectivity index (χ0v) is 11.5. The van der Waals surface area contributed by atoms with Gasteiger partial charge in [-0.05, 0) is 19.8 Å². The van der Waals surface area contributed by atoms with Gasteiger partial charge in [0.05, 0.1) is 5.69 Å². The largest absolute Gasteiger partial charge is 0.476 e. The molecule has 2 heterocycles. The molecule has 0 aromatic carbocycles. The third-order valence-corrected chi connectivity index (χ3v) is 5.26. The topological polar surface area (TPSA) is 146 Å². The van der Waals surface area contributed by atoms with Gasteiger partial charge < -0.3 is 10.8 Å². The highest BCUT2D eigenvalue weighted by Gasteiger charge is 2.41. The van der Waals surface area contributed by atoms with Crippen molar-refractivity contribution >= 4 is 21.9 Å². The molecular formula is C10H14N4O5S. The maximum absolute atomic E-state index is 12.6. The molecule has 1 unspecified atom stereocenters. The quantitative estimate of drug-likeness (QED) is 0.653. The van der Waals surface area contributed by atoms with E-state index >= 15 is 0 Å². The Morgan fingerprint density at radius 2 is 2.15 bits per heavy atom. The van der Waals surface area contributed by atoms with E-state index in [1.54, 1.807) is 0 Å². The molecule has 0 aliphatic carbocycles. The number of hydrogen-bond acceptors (Lipinski definition) is 5. The number of rotatable bonds is 4. The molecular weight excluding hydrogens is 288 g/mol. The first kappa shape index (κ1) is 14.5. The standard InChI is InChI=1S/C10H14N4O5S/c1-5-8(7(10(16)17)13-12-5)20(18,19)14-4-2-3-6(14)9(11)15/h6H,2-4H2,1H3,(H2,11,15)(H,12,13)(H,16,17). The smallest absolute Gasteiger partial charge is 0.357 e. The Kier molecular flexibility index (Phi) is 3.52. The minimum absolute atomic E-state index is 0.109. The van der Waals surface area contributed by atoms with Crippen LogP contribution in [0.3, 0.4) is 0 Å². The summed E-state index contributed by atoms with van der Waals surface area (Å²) in [6, 6.07) is -0.948. The van der Waals surface area contributed by atoms with Gasteiger partial charge in [0.1, 0.15) is 10.9 Å². The lowest BCUT2D eigenvalue weighted by molar-refractivity contribution is -0.121. The molecule has 0 spiro atoms. The van der Waals surface area contributed by atoms with E-state index in [0.717, 1.165) is 4.31 Å². The highest BCUT2D eigenvalue weighted by Crippen LogP contribution is 2.28. The molecule has 10 heteroatoms. The average Bonchev–Trinajstić information content (AvgIpc) is 2.94. The number of aromatic amines is 1. The van der Waals surface area contributed by atoms with Crippen molar-refractivity contribution in [2.75, 3.05) is 6.54 Å². The fraction of sp³-hybridized carbons (Fsp3) is 0.500. The Bertz CT molecular complexity index is 665. The van der Waals surface area contributed by atoms with Crippen LogP contribution in [0.1, 0.15) is 29.0 Å². The van der Waals surface area contributed by atoms with Crippen molar-refractivity contribution in [1.29, 1.82) is 0 Å². The fourth-order valence-corrected chi connectivity index (χ4v) is 4.27. The second-order valence-electron chi connectivity index (χ2n) is 4.51. The summed E-state index contributed by atoms with van der Waals surface area (Å²) in [7, 11) is -4.14. The van der Waals surface area contributed by atoms with Crippen LogP contribution in [0.4, 0.5) is 0 Å². The van der Waals surface area contributed by atoms with Crippen LogP contribution in [-0.2, 0) is 14.8 Å². The molecule has 1 aliphatic rings. The van der Waals surface area contributed by atoms with Crippen molar-refractivity contribution in [3.8, 4) is 0 Å². The molecule has 1 atom stereocenters. The van der Waals surface area contributed by atoms with Crippen LogP contribution in [0.25, 0.3) is 0 Å². The molecule has 4 N–H and O–H groups in total. The summed E-state index contributed by atoms with van der Waals surface area (Å²) in [5, 5.41) is 14.8. The van der Waals surface area contributed by atoms with Gasteiger partial charge in [0.2, 0.25) is 15.9 Å². The number of nitrogens with zero attached hydrogens (tertiary/aromatic N) is 2. The molecule has 1 aliphatic heterocycles. The van der Waals surface area contributed by atoms with Crippen LogP contribution in [0.15, 0.2) is 4.90 Å². The van der Waals surface area contributed by atoms with Crippen molar-refractivity contribution < 1.29 is 23.1 Å². The molecule has 1 saturated heterocycles. The first-order chi connectivity index (χ1) is 9.26. The molecule has 1 fully saturated rings. The maximum atomic E-state index is 12.6. The van der Waals surface area contributed by atoms with Crippen LogP contribution < -0.4 is 5.73 Å². The zero-order chi connectivity index (χ0) is 15.1. The molecule has 9 nitrogen and oxygen atoms in total. The number of aryl methyl sites for hydroxylation is 1. The SMILES string of the molecule is Cc1[nH]nc(C(=O)O)c1S(=O)(=O)N1CCCC1C(N)=O. The summed E-state index contributed by atoms with van der Waals surface area (Å²) in [5.74, 6) is -2.20. The number of H-pyrrole nitrogens is 1. The lowest BCUT2D eigenvalue weighted by Gasteiger charge is -2.21. The molecule has 1 aromatic rings. The van der Waals surface area contributed by atoms with E-state index in [9.17, 15) is 18.0 Å². The predicted octanol–water partition coefficient (Wildman–Crippen LogP) is -0.945. The van der Waals surface area contributed by atoms with Gasteiger partial charge in [0.25, 0.3) is 0 Å². The number of carbonyl (C=O) groups is 2. The Morgan fingerprint density at radius 3 is 2.70 bits per heavy atom. The number of hydrogen-bond donors (Lipinski definition) is 3. The number of carbonyl (C=O) groups excluding carboxylic acids is 1. The average molecular weight is 302 g/mol. The van der Waals surface area contributed by atoms with Crippen LogP contribution in [0.2, 0.25) is 0 Å². The van der Waals surface area contributed by atoms with Crippen molar-refractivity contribution in [2.45, 2.75) is 30.7 Å². The van der Waals surface area contributed by atoms with Crippen molar-refractivity contribution in [3.05, 3.63) is 11.4 Å². The summed E-state index contributed by atoms with van der Waals surface area (Å²) in [6.07, 6.45) is 0.819. The maximum Gasteiger partial charge on any atom is 0.357 e. The van der Waals surface area contributed by atoms with Crippen LogP contribution in [-0.4, -0.2) is 52.5 Å². The first-order valence-electron chi connectivity index (χ1n) is 5.86. The predicted molar refractivity (Wildman–Crippen MR) is 66.4 cm³/mol. The van der Waals surface area contributed by atoms with Crippen LogP contribution >= 0.6 is 0 Å². The minimum Gasteiger partial charge on any atom is -0.476 e. The number of sulfonamides is 1. The highest BCUT2D eigenvalue weighted by molar-refractivity contribution is 7.89. The van der Waals surface area contributed by atoms with Gasteiger partial charge in [-0.25, -0.2) is 13.2 Å². The normalized spacial score (nSPS) is 20.1. The molecule has 110 valence electrons. The highest BCUT2D eigenvalue weighted by atomic mass is 32.2. The third-order valence-electron chi connectivity index (χ3n) is 3.19. The van der Waals surface area contributed by atoms with Gasteiger partial charge in [-0.3, -0.25) is 9.89 Å². The molecule has 2 rings (SSSR count). The summed E-state index contributed by atoms with van der Waals surface area (Å²) in [5.41, 5.74) is 4.71. The van der Waals surface area contributed by atoms with E-state index in [1.165, 1.54) is 6.92 Å². The molecule has 0 radical (unpaired) electrons. The first-order valence-corrected chi connectivity index (χ1v) is 7.30. The molecule has 1 aromatic heterocycles. The van der Waals surface area contributed by atoms with Gasteiger partial charge >= 0.3 is 5.97 Å². The van der Waals surface area contributed by atoms with Gasteiger partial charge in [-0.15, -0.1) is 0 Å². The fourth-order valence-electron chi connectivity index (χ4n) is 2.31. The summed E-state index contributed by atoms with van der Waals surface area (Å²) in [4.78, 5) is 21.9. The summed E-state index contributed by atoms with van der Waals surface area (Å²) >= 11 is 0. The van der Waals surface area contributed by atoms with E-state index in [2.05, 4.69) is 10.2 Å². The number of nitrogens with one attached hydrogen (secondary N) is 1. The van der Waals surface area contributed by atoms with E-state index in [0.29, 0.717) is 12.8 Å². The molecule has 1 amide bonds. The molecule has 0 bridgehead atoms. The van der Waals surface area contributed by atoms with Gasteiger partial charge in [0, 0.05) is 6.54 Å². The number of aromatic carboxylic acids is 1. The second-order valence-corrected chi connectivity index (χ2v) is 6.34. The van der Waals surface area contributed by atoms with E-state index in [1.807, 2.05) is 0 Å². The van der Waals surface area contributed by atoms with Gasteiger partial charge in [0.15, 0.2) is 5.69 Å². The number of nitrogens with two attached hydrogens (primary N) is 1. The van der Waals surface area contributed by atoms with Crippen LogP contribution in [0.5, 0.6) is 0 Å². The van der Waals surface area contributed by atoms with Crippen molar-refractivity contribution in [3.63, 3.8) is 0 Å². The minimum atomic E-state index is -4.14. The number of amides is 1. The summed E-state index contributed by atoms with van der Waals surface area (Å²) < 4.78 is 26.0. The van der Waals surface area contributed by atoms with E-state index in [4.69, 9.17) is 10.8 Å². The Morgan fingerprint density at radius 1 is 1.50 bits per heavy atom. The Hall–Kier alpha value is -1.94. The van der Waals surface area contributed by atoms with E-state index in [-0.39, 0.29) is 12.2 Å². The third kappa shape index (κ3) is 2.16. The van der Waals surface area contributed by atoms with Crippen molar-refractivity contribution in [1.82, 2.24) is 14.5 Å². The Labute approximate surface area is 114 Å². The van der Waals surface area contributed by atoms with Gasteiger partial charge in [-0.1, -0.05) is 0 Å². The number of carboxylic acid groups (broad SMARTS) is 1. The lowest BCUT2D eigenvalue weighted by Crippen LogP contribution is -2.44. The molecule has 0 saturated carbocycles. The zero-order valence-electron chi connectivity index (χ0n) is 10.7.